The SMILES string of the molecule is CCCCCCCCCCNC1(c2ccccn2)CCC1. The van der Waals surface area contributed by atoms with Crippen molar-refractivity contribution < 1.29 is 0 Å². The largest absolute Gasteiger partial charge is 0.306 e. The molecule has 1 aliphatic carbocycles. The summed E-state index contributed by atoms with van der Waals surface area (Å²) in [5, 5.41) is 3.80. The Bertz CT molecular complexity index is 370. The average Bonchev–Trinajstić information content (AvgIpc) is 2.49. The van der Waals surface area contributed by atoms with Crippen LogP contribution in [0.5, 0.6) is 0 Å². The molecule has 1 heterocycles. The molecule has 1 aromatic rings. The summed E-state index contributed by atoms with van der Waals surface area (Å²) in [6, 6.07) is 6.30. The molecule has 0 spiro atoms. The Balaban J connectivity index is 1.57. The van der Waals surface area contributed by atoms with Crippen molar-refractivity contribution in [3.05, 3.63) is 30.1 Å². The molecule has 0 saturated heterocycles. The van der Waals surface area contributed by atoms with Crippen molar-refractivity contribution in [2.24, 2.45) is 0 Å². The van der Waals surface area contributed by atoms with Crippen LogP contribution in [0.2, 0.25) is 0 Å². The second-order valence-electron chi connectivity index (χ2n) is 6.55. The van der Waals surface area contributed by atoms with Crippen LogP contribution in [0.25, 0.3) is 0 Å². The van der Waals surface area contributed by atoms with Crippen LogP contribution in [0.1, 0.15) is 83.2 Å². The van der Waals surface area contributed by atoms with Gasteiger partial charge in [0.15, 0.2) is 0 Å². The number of nitrogens with zero attached hydrogens (tertiary/aromatic N) is 1. The smallest absolute Gasteiger partial charge is 0.0608 e. The van der Waals surface area contributed by atoms with Gasteiger partial charge in [-0.1, -0.05) is 57.9 Å². The number of unbranched alkanes of at least 4 members (excludes halogenated alkanes) is 7. The molecule has 0 radical (unpaired) electrons. The molecule has 1 fully saturated rings. The summed E-state index contributed by atoms with van der Waals surface area (Å²) in [6.45, 7) is 3.43. The molecule has 0 unspecified atom stereocenters. The lowest BCUT2D eigenvalue weighted by atomic mass is 9.74. The maximum absolute atomic E-state index is 4.57. The van der Waals surface area contributed by atoms with E-state index in [1.807, 2.05) is 12.3 Å². The molecule has 1 saturated carbocycles. The van der Waals surface area contributed by atoms with Crippen LogP contribution in [0.15, 0.2) is 24.4 Å². The van der Waals surface area contributed by atoms with Crippen LogP contribution >= 0.6 is 0 Å². The molecular weight excluding hydrogens is 256 g/mol. The van der Waals surface area contributed by atoms with Crippen LogP contribution < -0.4 is 5.32 Å². The highest BCUT2D eigenvalue weighted by atomic mass is 15.0. The van der Waals surface area contributed by atoms with Crippen molar-refractivity contribution in [1.29, 1.82) is 0 Å². The van der Waals surface area contributed by atoms with Crippen molar-refractivity contribution in [2.75, 3.05) is 6.54 Å². The molecule has 1 aliphatic rings. The summed E-state index contributed by atoms with van der Waals surface area (Å²) in [4.78, 5) is 4.57. The third-order valence-electron chi connectivity index (χ3n) is 4.86. The van der Waals surface area contributed by atoms with Crippen molar-refractivity contribution in [1.82, 2.24) is 10.3 Å². The fourth-order valence-electron chi connectivity index (χ4n) is 3.29. The minimum Gasteiger partial charge on any atom is -0.306 e. The van der Waals surface area contributed by atoms with E-state index in [0.717, 1.165) is 6.54 Å². The van der Waals surface area contributed by atoms with E-state index in [4.69, 9.17) is 0 Å². The van der Waals surface area contributed by atoms with Gasteiger partial charge < -0.3 is 5.32 Å². The fourth-order valence-corrected chi connectivity index (χ4v) is 3.29. The molecule has 118 valence electrons. The van der Waals surface area contributed by atoms with E-state index in [9.17, 15) is 0 Å². The Morgan fingerprint density at radius 1 is 1.00 bits per heavy atom. The number of aromatic nitrogens is 1. The second kappa shape index (κ2) is 9.19. The molecule has 0 aromatic carbocycles. The summed E-state index contributed by atoms with van der Waals surface area (Å²) in [5.74, 6) is 0. The summed E-state index contributed by atoms with van der Waals surface area (Å²) >= 11 is 0. The van der Waals surface area contributed by atoms with Gasteiger partial charge in [-0.2, -0.15) is 0 Å². The first-order valence-electron chi connectivity index (χ1n) is 9.04. The number of hydrogen-bond acceptors (Lipinski definition) is 2. The number of nitrogens with one attached hydrogen (secondary N) is 1. The lowest BCUT2D eigenvalue weighted by Gasteiger charge is -2.42. The van der Waals surface area contributed by atoms with Gasteiger partial charge in [0.05, 0.1) is 11.2 Å². The van der Waals surface area contributed by atoms with E-state index in [0.29, 0.717) is 0 Å². The zero-order valence-electron chi connectivity index (χ0n) is 13.7. The third kappa shape index (κ3) is 5.10. The summed E-state index contributed by atoms with van der Waals surface area (Å²) in [7, 11) is 0. The van der Waals surface area contributed by atoms with Gasteiger partial charge in [-0.15, -0.1) is 0 Å². The topological polar surface area (TPSA) is 24.9 Å². The zero-order valence-corrected chi connectivity index (χ0v) is 13.7. The molecule has 2 rings (SSSR count). The van der Waals surface area contributed by atoms with Gasteiger partial charge in [-0.3, -0.25) is 4.98 Å². The molecule has 21 heavy (non-hydrogen) atoms. The predicted molar refractivity (Wildman–Crippen MR) is 90.4 cm³/mol. The highest BCUT2D eigenvalue weighted by Gasteiger charge is 2.38. The maximum Gasteiger partial charge on any atom is 0.0608 e. The molecule has 0 bridgehead atoms. The highest BCUT2D eigenvalue weighted by molar-refractivity contribution is 5.19. The van der Waals surface area contributed by atoms with Crippen molar-refractivity contribution >= 4 is 0 Å². The van der Waals surface area contributed by atoms with E-state index in [1.165, 1.54) is 76.3 Å². The standard InChI is InChI=1S/C19H32N2/c1-2-3-4-5-6-7-8-10-17-21-19(14-12-15-19)18-13-9-11-16-20-18/h9,11,13,16,21H,2-8,10,12,14-15,17H2,1H3. The molecule has 0 amide bonds. The van der Waals surface area contributed by atoms with E-state index in [2.05, 4.69) is 29.4 Å². The molecule has 2 heteroatoms. The molecule has 0 atom stereocenters. The van der Waals surface area contributed by atoms with E-state index in [1.54, 1.807) is 0 Å². The van der Waals surface area contributed by atoms with Crippen LogP contribution in [0, 0.1) is 0 Å². The average molecular weight is 288 g/mol. The van der Waals surface area contributed by atoms with Gasteiger partial charge in [0.1, 0.15) is 0 Å². The van der Waals surface area contributed by atoms with Crippen LogP contribution in [-0.2, 0) is 5.54 Å². The molecule has 1 aromatic heterocycles. The van der Waals surface area contributed by atoms with Gasteiger partial charge in [0.2, 0.25) is 0 Å². The Hall–Kier alpha value is -0.890. The Labute approximate surface area is 130 Å². The van der Waals surface area contributed by atoms with Gasteiger partial charge in [-0.25, -0.2) is 0 Å². The third-order valence-corrected chi connectivity index (χ3v) is 4.86. The predicted octanol–water partition coefficient (Wildman–Crippen LogP) is 5.19. The minimum atomic E-state index is 0.197. The van der Waals surface area contributed by atoms with Crippen molar-refractivity contribution in [2.45, 2.75) is 83.1 Å². The lowest BCUT2D eigenvalue weighted by Crippen LogP contribution is -2.48. The summed E-state index contributed by atoms with van der Waals surface area (Å²) in [6.07, 6.45) is 16.9. The van der Waals surface area contributed by atoms with Crippen LogP contribution in [0.4, 0.5) is 0 Å². The Morgan fingerprint density at radius 3 is 2.29 bits per heavy atom. The second-order valence-corrected chi connectivity index (χ2v) is 6.55. The zero-order chi connectivity index (χ0) is 14.8. The Morgan fingerprint density at radius 2 is 1.71 bits per heavy atom. The van der Waals surface area contributed by atoms with Gasteiger partial charge in [-0.05, 0) is 44.4 Å². The quantitative estimate of drug-likeness (QED) is 0.567. The first kappa shape index (κ1) is 16.5. The molecule has 2 nitrogen and oxygen atoms in total. The normalized spacial score (nSPS) is 16.6. The maximum atomic E-state index is 4.57. The fraction of sp³-hybridized carbons (Fsp3) is 0.737. The van der Waals surface area contributed by atoms with E-state index < -0.39 is 0 Å². The molecular formula is C19H32N2. The van der Waals surface area contributed by atoms with Gasteiger partial charge in [0, 0.05) is 6.20 Å². The van der Waals surface area contributed by atoms with Crippen LogP contribution in [-0.4, -0.2) is 11.5 Å². The minimum absolute atomic E-state index is 0.197. The van der Waals surface area contributed by atoms with Gasteiger partial charge >= 0.3 is 0 Å². The molecule has 1 N–H and O–H groups in total. The monoisotopic (exact) mass is 288 g/mol. The van der Waals surface area contributed by atoms with Crippen molar-refractivity contribution in [3.8, 4) is 0 Å². The summed E-state index contributed by atoms with van der Waals surface area (Å²) < 4.78 is 0. The van der Waals surface area contributed by atoms with Crippen LogP contribution in [0.3, 0.4) is 0 Å². The number of rotatable bonds is 11. The van der Waals surface area contributed by atoms with Gasteiger partial charge in [0.25, 0.3) is 0 Å². The van der Waals surface area contributed by atoms with E-state index >= 15 is 0 Å². The molecule has 0 aliphatic heterocycles. The number of pyridine rings is 1. The lowest BCUT2D eigenvalue weighted by molar-refractivity contribution is 0.179. The van der Waals surface area contributed by atoms with Crippen molar-refractivity contribution in [3.63, 3.8) is 0 Å². The first-order chi connectivity index (χ1) is 10.4. The number of hydrogen-bond donors (Lipinski definition) is 1. The first-order valence-corrected chi connectivity index (χ1v) is 9.04. The highest BCUT2D eigenvalue weighted by Crippen LogP contribution is 2.40. The Kier molecular flexibility index (Phi) is 7.21. The van der Waals surface area contributed by atoms with E-state index in [-0.39, 0.29) is 5.54 Å². The summed E-state index contributed by atoms with van der Waals surface area (Å²) in [5.41, 5.74) is 1.44.